The largest absolute Gasteiger partial charge is 0.323 e. The summed E-state index contributed by atoms with van der Waals surface area (Å²) in [6.45, 7) is 1.16. The number of rotatable bonds is 0. The maximum absolute atomic E-state index is 5.93. The van der Waals surface area contributed by atoms with E-state index in [9.17, 15) is 0 Å². The summed E-state index contributed by atoms with van der Waals surface area (Å²) in [6, 6.07) is 0.917. The number of nitrogens with zero attached hydrogens (tertiary/aromatic N) is 1. The number of hydrogen-bond acceptors (Lipinski definition) is 2. The molecule has 2 saturated heterocycles. The van der Waals surface area contributed by atoms with Crippen LogP contribution in [0.15, 0.2) is 0 Å². The number of piperidine rings is 1. The molecule has 2 nitrogen and oxygen atoms in total. The summed E-state index contributed by atoms with van der Waals surface area (Å²) in [5, 5.41) is 0. The highest BCUT2D eigenvalue weighted by molar-refractivity contribution is 5.43. The predicted octanol–water partition coefficient (Wildman–Crippen LogP) is -0.743. The molecular weight excluding hydrogens is 100 g/mol. The zero-order valence-corrected chi connectivity index (χ0v) is 4.96. The Morgan fingerprint density at radius 3 is 2.38 bits per heavy atom. The number of likely N-dealkylation sites (N-methyl/N-ethyl adjacent to an activating group) is 1. The van der Waals surface area contributed by atoms with Crippen LogP contribution in [0.2, 0.25) is 0 Å². The summed E-state index contributed by atoms with van der Waals surface area (Å²) in [5.41, 5.74) is 6.25. The highest BCUT2D eigenvalue weighted by atomic mass is 15.4. The van der Waals surface area contributed by atoms with Gasteiger partial charge in [0.05, 0.1) is 0 Å². The Balaban J connectivity index is 2.05. The minimum Gasteiger partial charge on any atom is -0.323 e. The maximum atomic E-state index is 5.93. The minimum absolute atomic E-state index is 0.319. The Morgan fingerprint density at radius 1 is 1.62 bits per heavy atom. The van der Waals surface area contributed by atoms with Crippen molar-refractivity contribution < 1.29 is 0 Å². The second-order valence-electron chi connectivity index (χ2n) is 3.57. The molecule has 4 aliphatic rings. The predicted molar refractivity (Wildman–Crippen MR) is 30.3 cm³/mol. The lowest BCUT2D eigenvalue weighted by atomic mass is 10.1. The summed E-state index contributed by atoms with van der Waals surface area (Å²) in [6.07, 6.45) is 0. The summed E-state index contributed by atoms with van der Waals surface area (Å²) in [5.74, 6) is 1.85. The lowest BCUT2D eigenvalue weighted by Crippen LogP contribution is -2.31. The Kier molecular flexibility index (Phi) is 0.326. The van der Waals surface area contributed by atoms with Crippen LogP contribution in [0.5, 0.6) is 0 Å². The van der Waals surface area contributed by atoms with Crippen molar-refractivity contribution >= 4 is 0 Å². The molecule has 2 heteroatoms. The highest BCUT2D eigenvalue weighted by Crippen LogP contribution is 2.76. The van der Waals surface area contributed by atoms with Crippen LogP contribution < -0.4 is 5.73 Å². The molecule has 2 atom stereocenters. The molecule has 0 amide bonds. The van der Waals surface area contributed by atoms with E-state index < -0.39 is 0 Å². The van der Waals surface area contributed by atoms with Gasteiger partial charge < -0.3 is 10.6 Å². The van der Waals surface area contributed by atoms with Crippen molar-refractivity contribution in [1.82, 2.24) is 4.90 Å². The van der Waals surface area contributed by atoms with E-state index in [2.05, 4.69) is 11.9 Å². The van der Waals surface area contributed by atoms with Gasteiger partial charge in [0.15, 0.2) is 0 Å². The quantitative estimate of drug-likeness (QED) is 0.445. The van der Waals surface area contributed by atoms with Crippen LogP contribution in [0.1, 0.15) is 0 Å². The molecule has 4 rings (SSSR count). The Bertz CT molecular complexity index is 144. The Morgan fingerprint density at radius 2 is 2.25 bits per heavy atom. The summed E-state index contributed by atoms with van der Waals surface area (Å²) in [7, 11) is 2.18. The van der Waals surface area contributed by atoms with Gasteiger partial charge in [-0.1, -0.05) is 0 Å². The number of fused-ring (bicyclic) bond motifs is 1. The van der Waals surface area contributed by atoms with Gasteiger partial charge in [0.1, 0.15) is 0 Å². The fourth-order valence-corrected chi connectivity index (χ4v) is 2.63. The van der Waals surface area contributed by atoms with Gasteiger partial charge in [0.25, 0.3) is 0 Å². The van der Waals surface area contributed by atoms with Crippen LogP contribution in [-0.4, -0.2) is 30.1 Å². The Labute approximate surface area is 48.6 Å². The molecule has 0 aromatic heterocycles. The lowest BCUT2D eigenvalue weighted by Gasteiger charge is -2.02. The smallest absolute Gasteiger partial charge is 0.0378 e. The molecule has 2 aliphatic heterocycles. The average molecular weight is 110 g/mol. The van der Waals surface area contributed by atoms with E-state index in [0.29, 0.717) is 5.54 Å². The van der Waals surface area contributed by atoms with Gasteiger partial charge in [-0.3, -0.25) is 0 Å². The van der Waals surface area contributed by atoms with Crippen LogP contribution in [0.3, 0.4) is 0 Å². The average Bonchev–Trinajstić information content (AvgIpc) is 2.44. The van der Waals surface area contributed by atoms with Gasteiger partial charge in [0.2, 0.25) is 0 Å². The van der Waals surface area contributed by atoms with Gasteiger partial charge >= 0.3 is 0 Å². The normalized spacial score (nSPS) is 75.0. The molecule has 8 heavy (non-hydrogen) atoms. The standard InChI is InChI=1S/C6H10N2/c1-8-2-6(7)3-4(6)5(3)8/h3-5H,2,7H2,1H3. The molecule has 2 bridgehead atoms. The fraction of sp³-hybridized carbons (Fsp3) is 1.00. The molecule has 4 fully saturated rings. The van der Waals surface area contributed by atoms with Gasteiger partial charge in [-0.15, -0.1) is 0 Å². The van der Waals surface area contributed by atoms with Crippen molar-refractivity contribution in [3.63, 3.8) is 0 Å². The van der Waals surface area contributed by atoms with Crippen LogP contribution >= 0.6 is 0 Å². The first kappa shape index (κ1) is 3.85. The second kappa shape index (κ2) is 0.677. The Hall–Kier alpha value is -0.0800. The van der Waals surface area contributed by atoms with E-state index in [0.717, 1.165) is 24.4 Å². The SMILES string of the molecule is CN1CC2(N)C3C1C32. The van der Waals surface area contributed by atoms with Crippen LogP contribution in [0, 0.1) is 11.8 Å². The number of nitrogens with two attached hydrogens (primary N) is 1. The third-order valence-corrected chi connectivity index (χ3v) is 3.15. The molecule has 2 heterocycles. The van der Waals surface area contributed by atoms with Crippen molar-refractivity contribution in [3.05, 3.63) is 0 Å². The van der Waals surface area contributed by atoms with Crippen molar-refractivity contribution in [2.24, 2.45) is 17.6 Å². The van der Waals surface area contributed by atoms with Crippen LogP contribution in [0.25, 0.3) is 0 Å². The molecular formula is C6H10N2. The zero-order chi connectivity index (χ0) is 5.52. The summed E-state index contributed by atoms with van der Waals surface area (Å²) in [4.78, 5) is 2.40. The van der Waals surface area contributed by atoms with Gasteiger partial charge in [-0.25, -0.2) is 0 Å². The third-order valence-electron chi connectivity index (χ3n) is 3.15. The van der Waals surface area contributed by atoms with Crippen molar-refractivity contribution in [2.75, 3.05) is 13.6 Å². The molecule has 2 unspecified atom stereocenters. The van der Waals surface area contributed by atoms with Gasteiger partial charge in [-0.2, -0.15) is 0 Å². The van der Waals surface area contributed by atoms with Crippen LogP contribution in [-0.2, 0) is 0 Å². The van der Waals surface area contributed by atoms with Gasteiger partial charge in [-0.05, 0) is 7.05 Å². The second-order valence-corrected chi connectivity index (χ2v) is 3.57. The molecule has 0 aromatic carbocycles. The molecule has 44 valence electrons. The monoisotopic (exact) mass is 110 g/mol. The molecule has 2 saturated carbocycles. The molecule has 2 N–H and O–H groups in total. The summed E-state index contributed by atoms with van der Waals surface area (Å²) < 4.78 is 0. The topological polar surface area (TPSA) is 29.3 Å². The van der Waals surface area contributed by atoms with E-state index in [4.69, 9.17) is 5.73 Å². The first-order valence-electron chi connectivity index (χ1n) is 3.24. The first-order chi connectivity index (χ1) is 3.75. The highest BCUT2D eigenvalue weighted by Gasteiger charge is 2.88. The summed E-state index contributed by atoms with van der Waals surface area (Å²) >= 11 is 0. The lowest BCUT2D eigenvalue weighted by molar-refractivity contribution is 0.394. The fourth-order valence-electron chi connectivity index (χ4n) is 2.63. The van der Waals surface area contributed by atoms with Crippen molar-refractivity contribution in [1.29, 1.82) is 0 Å². The molecule has 0 spiro atoms. The molecule has 2 aliphatic carbocycles. The first-order valence-corrected chi connectivity index (χ1v) is 3.24. The van der Waals surface area contributed by atoms with Crippen molar-refractivity contribution in [2.45, 2.75) is 11.6 Å². The van der Waals surface area contributed by atoms with E-state index in [-0.39, 0.29) is 0 Å². The van der Waals surface area contributed by atoms with E-state index in [1.807, 2.05) is 0 Å². The van der Waals surface area contributed by atoms with Crippen LogP contribution in [0.4, 0.5) is 0 Å². The third kappa shape index (κ3) is 0.171. The molecule has 0 radical (unpaired) electrons. The van der Waals surface area contributed by atoms with Crippen molar-refractivity contribution in [3.8, 4) is 0 Å². The minimum atomic E-state index is 0.319. The van der Waals surface area contributed by atoms with E-state index in [1.165, 1.54) is 0 Å². The maximum Gasteiger partial charge on any atom is 0.0378 e. The zero-order valence-electron chi connectivity index (χ0n) is 4.96. The molecule has 0 aromatic rings. The number of hydrogen-bond donors (Lipinski definition) is 1. The van der Waals surface area contributed by atoms with E-state index in [1.54, 1.807) is 0 Å². The van der Waals surface area contributed by atoms with Gasteiger partial charge in [0, 0.05) is 30.0 Å². The van der Waals surface area contributed by atoms with E-state index >= 15 is 0 Å².